The number of rotatable bonds is 2. The molecule has 140 valence electrons. The van der Waals surface area contributed by atoms with E-state index in [0.29, 0.717) is 44.7 Å². The highest BCUT2D eigenvalue weighted by Crippen LogP contribution is 2.33. The maximum absolute atomic E-state index is 13.3. The SMILES string of the molecule is O=C(c1nc(C(F)(F)F)n2c1CCCC2)N1CCN(c2nccs2)CC1. The second-order valence-electron chi connectivity index (χ2n) is 6.43. The maximum atomic E-state index is 13.3. The van der Waals surface area contributed by atoms with Gasteiger partial charge in [0, 0.05) is 44.3 Å². The topological polar surface area (TPSA) is 54.3 Å². The van der Waals surface area contributed by atoms with Crippen LogP contribution in [0.4, 0.5) is 18.3 Å². The van der Waals surface area contributed by atoms with Gasteiger partial charge in [-0.2, -0.15) is 13.2 Å². The third-order valence-corrected chi connectivity index (χ3v) is 5.66. The van der Waals surface area contributed by atoms with E-state index < -0.39 is 17.9 Å². The van der Waals surface area contributed by atoms with E-state index in [1.807, 2.05) is 5.38 Å². The molecule has 4 heterocycles. The predicted molar refractivity (Wildman–Crippen MR) is 90.4 cm³/mol. The van der Waals surface area contributed by atoms with E-state index in [1.54, 1.807) is 11.1 Å². The van der Waals surface area contributed by atoms with E-state index in [1.165, 1.54) is 15.9 Å². The predicted octanol–water partition coefficient (Wildman–Crippen LogP) is 2.66. The van der Waals surface area contributed by atoms with Crippen molar-refractivity contribution in [3.8, 4) is 0 Å². The van der Waals surface area contributed by atoms with Crippen molar-refractivity contribution in [2.45, 2.75) is 32.0 Å². The summed E-state index contributed by atoms with van der Waals surface area (Å²) in [6.45, 7) is 2.39. The minimum atomic E-state index is -4.55. The van der Waals surface area contributed by atoms with Gasteiger partial charge in [-0.05, 0) is 19.3 Å². The van der Waals surface area contributed by atoms with Crippen molar-refractivity contribution in [3.63, 3.8) is 0 Å². The zero-order valence-corrected chi connectivity index (χ0v) is 14.8. The first-order chi connectivity index (χ1) is 12.4. The van der Waals surface area contributed by atoms with Crippen LogP contribution in [0.1, 0.15) is 34.8 Å². The van der Waals surface area contributed by atoms with Crippen LogP contribution in [0, 0.1) is 0 Å². The van der Waals surface area contributed by atoms with Crippen LogP contribution in [0.25, 0.3) is 0 Å². The number of halogens is 3. The summed E-state index contributed by atoms with van der Waals surface area (Å²) in [5, 5.41) is 2.79. The molecule has 0 unspecified atom stereocenters. The average Bonchev–Trinajstić information content (AvgIpc) is 3.29. The molecule has 1 amide bonds. The number of aromatic nitrogens is 3. The van der Waals surface area contributed by atoms with Gasteiger partial charge in [-0.1, -0.05) is 0 Å². The molecule has 0 saturated carbocycles. The number of alkyl halides is 3. The molecule has 4 rings (SSSR count). The lowest BCUT2D eigenvalue weighted by Crippen LogP contribution is -2.49. The molecular weight excluding hydrogens is 367 g/mol. The van der Waals surface area contributed by atoms with E-state index in [9.17, 15) is 18.0 Å². The first kappa shape index (κ1) is 17.3. The normalized spacial score (nSPS) is 18.1. The van der Waals surface area contributed by atoms with Gasteiger partial charge < -0.3 is 14.4 Å². The molecule has 1 fully saturated rings. The lowest BCUT2D eigenvalue weighted by Gasteiger charge is -2.34. The smallest absolute Gasteiger partial charge is 0.345 e. The van der Waals surface area contributed by atoms with Gasteiger partial charge in [0.15, 0.2) is 5.13 Å². The third kappa shape index (κ3) is 3.06. The fourth-order valence-corrected chi connectivity index (χ4v) is 4.25. The van der Waals surface area contributed by atoms with Gasteiger partial charge in [-0.25, -0.2) is 9.97 Å². The number of piperazine rings is 1. The van der Waals surface area contributed by atoms with Crippen LogP contribution in [-0.2, 0) is 19.1 Å². The quantitative estimate of drug-likeness (QED) is 0.798. The van der Waals surface area contributed by atoms with Gasteiger partial charge in [0.1, 0.15) is 5.69 Å². The Balaban J connectivity index is 1.55. The van der Waals surface area contributed by atoms with Crippen molar-refractivity contribution in [3.05, 3.63) is 28.8 Å². The number of thiazole rings is 1. The van der Waals surface area contributed by atoms with E-state index in [0.717, 1.165) is 11.6 Å². The summed E-state index contributed by atoms with van der Waals surface area (Å²) in [4.78, 5) is 24.5. The van der Waals surface area contributed by atoms with Crippen LogP contribution in [0.3, 0.4) is 0 Å². The molecule has 0 aliphatic carbocycles. The van der Waals surface area contributed by atoms with Crippen LogP contribution in [0.5, 0.6) is 0 Å². The molecule has 1 saturated heterocycles. The molecule has 0 atom stereocenters. The van der Waals surface area contributed by atoms with Crippen molar-refractivity contribution in [2.75, 3.05) is 31.1 Å². The molecule has 0 spiro atoms. The lowest BCUT2D eigenvalue weighted by molar-refractivity contribution is -0.147. The molecule has 2 aromatic rings. The summed E-state index contributed by atoms with van der Waals surface area (Å²) < 4.78 is 41.0. The average molecular weight is 385 g/mol. The summed E-state index contributed by atoms with van der Waals surface area (Å²) >= 11 is 1.53. The molecule has 0 aromatic carbocycles. The van der Waals surface area contributed by atoms with Gasteiger partial charge in [-0.15, -0.1) is 11.3 Å². The Morgan fingerprint density at radius 3 is 2.54 bits per heavy atom. The van der Waals surface area contributed by atoms with E-state index in [4.69, 9.17) is 0 Å². The molecule has 6 nitrogen and oxygen atoms in total. The summed E-state index contributed by atoms with van der Waals surface area (Å²) in [5.41, 5.74) is 0.399. The minimum absolute atomic E-state index is 0.0280. The van der Waals surface area contributed by atoms with Crippen LogP contribution >= 0.6 is 11.3 Å². The zero-order valence-electron chi connectivity index (χ0n) is 14.0. The van der Waals surface area contributed by atoms with Crippen LogP contribution in [-0.4, -0.2) is 51.5 Å². The largest absolute Gasteiger partial charge is 0.449 e. The first-order valence-electron chi connectivity index (χ1n) is 8.55. The first-order valence-corrected chi connectivity index (χ1v) is 9.43. The highest BCUT2D eigenvalue weighted by Gasteiger charge is 2.41. The number of imidazole rings is 1. The highest BCUT2D eigenvalue weighted by atomic mass is 32.1. The number of amides is 1. The number of hydrogen-bond donors (Lipinski definition) is 0. The van der Waals surface area contributed by atoms with Gasteiger partial charge in [0.2, 0.25) is 5.82 Å². The summed E-state index contributed by atoms with van der Waals surface area (Å²) in [7, 11) is 0. The monoisotopic (exact) mass is 385 g/mol. The molecular formula is C16H18F3N5OS. The molecule has 10 heteroatoms. The summed E-state index contributed by atoms with van der Waals surface area (Å²) in [6.07, 6.45) is -0.904. The molecule has 2 aliphatic heterocycles. The molecule has 2 aromatic heterocycles. The van der Waals surface area contributed by atoms with Crippen molar-refractivity contribution < 1.29 is 18.0 Å². The zero-order chi connectivity index (χ0) is 18.3. The molecule has 0 radical (unpaired) electrons. The van der Waals surface area contributed by atoms with E-state index >= 15 is 0 Å². The van der Waals surface area contributed by atoms with Gasteiger partial charge in [0.25, 0.3) is 5.91 Å². The highest BCUT2D eigenvalue weighted by molar-refractivity contribution is 7.13. The fourth-order valence-electron chi connectivity index (χ4n) is 3.55. The second kappa shape index (κ2) is 6.57. The molecule has 0 bridgehead atoms. The Hall–Kier alpha value is -2.10. The van der Waals surface area contributed by atoms with E-state index in [-0.39, 0.29) is 12.2 Å². The summed E-state index contributed by atoms with van der Waals surface area (Å²) in [5.74, 6) is -1.35. The van der Waals surface area contributed by atoms with Crippen molar-refractivity contribution in [1.82, 2.24) is 19.4 Å². The Kier molecular flexibility index (Phi) is 4.37. The Bertz CT molecular complexity index is 794. The number of fused-ring (bicyclic) bond motifs is 1. The fraction of sp³-hybridized carbons (Fsp3) is 0.562. The Labute approximate surface area is 152 Å². The van der Waals surface area contributed by atoms with Gasteiger partial charge in [-0.3, -0.25) is 4.79 Å². The number of carbonyl (C=O) groups excluding carboxylic acids is 1. The summed E-state index contributed by atoms with van der Waals surface area (Å²) in [6, 6.07) is 0. The van der Waals surface area contributed by atoms with Gasteiger partial charge in [0.05, 0.1) is 5.69 Å². The maximum Gasteiger partial charge on any atom is 0.449 e. The Morgan fingerprint density at radius 2 is 1.88 bits per heavy atom. The Morgan fingerprint density at radius 1 is 1.12 bits per heavy atom. The van der Waals surface area contributed by atoms with Gasteiger partial charge >= 0.3 is 6.18 Å². The van der Waals surface area contributed by atoms with Crippen LogP contribution in [0.2, 0.25) is 0 Å². The number of anilines is 1. The standard InChI is InChI=1S/C16H18F3N5OS/c17-16(18,19)14-21-12(11-3-1-2-5-24(11)14)13(25)22-6-8-23(9-7-22)15-20-4-10-26-15/h4,10H,1-3,5-9H2. The third-order valence-electron chi connectivity index (χ3n) is 4.83. The number of carbonyl (C=O) groups is 1. The molecule has 0 N–H and O–H groups in total. The molecule has 2 aliphatic rings. The van der Waals surface area contributed by atoms with Crippen LogP contribution < -0.4 is 4.90 Å². The van der Waals surface area contributed by atoms with Crippen molar-refractivity contribution >= 4 is 22.4 Å². The van der Waals surface area contributed by atoms with Crippen LogP contribution in [0.15, 0.2) is 11.6 Å². The van der Waals surface area contributed by atoms with Crippen molar-refractivity contribution in [1.29, 1.82) is 0 Å². The number of nitrogens with zero attached hydrogens (tertiary/aromatic N) is 5. The lowest BCUT2D eigenvalue weighted by atomic mass is 10.1. The number of hydrogen-bond acceptors (Lipinski definition) is 5. The molecule has 26 heavy (non-hydrogen) atoms. The van der Waals surface area contributed by atoms with E-state index in [2.05, 4.69) is 14.9 Å². The van der Waals surface area contributed by atoms with Crippen molar-refractivity contribution in [2.24, 2.45) is 0 Å². The minimum Gasteiger partial charge on any atom is -0.345 e. The second-order valence-corrected chi connectivity index (χ2v) is 7.30.